The van der Waals surface area contributed by atoms with Gasteiger partial charge in [0.25, 0.3) is 5.91 Å². The number of anilines is 1. The summed E-state index contributed by atoms with van der Waals surface area (Å²) in [5.74, 6) is -0.503. The number of nitrogens with zero attached hydrogens (tertiary/aromatic N) is 1. The standard InChI is InChI=1S/C20H26ClN3O3/c1-24(15-5-3-2-4-6-15)20(27)16-9-8-14(11-17(16)21)23-19(26)13-7-10-18(25)22-12-13/h8-9,11,13,15H,2-7,10,12H2,1H3,(H,22,25)(H,23,26). The highest BCUT2D eigenvalue weighted by Crippen LogP contribution is 2.27. The zero-order valence-electron chi connectivity index (χ0n) is 15.6. The summed E-state index contributed by atoms with van der Waals surface area (Å²) in [6, 6.07) is 5.25. The summed E-state index contributed by atoms with van der Waals surface area (Å²) in [7, 11) is 1.84. The van der Waals surface area contributed by atoms with Crippen LogP contribution in [0.5, 0.6) is 0 Å². The van der Waals surface area contributed by atoms with Crippen molar-refractivity contribution in [3.8, 4) is 0 Å². The van der Waals surface area contributed by atoms with Gasteiger partial charge in [-0.2, -0.15) is 0 Å². The van der Waals surface area contributed by atoms with E-state index in [9.17, 15) is 14.4 Å². The van der Waals surface area contributed by atoms with E-state index in [1.54, 1.807) is 23.1 Å². The van der Waals surface area contributed by atoms with E-state index in [1.807, 2.05) is 7.05 Å². The molecule has 1 saturated heterocycles. The number of carbonyl (C=O) groups is 3. The predicted octanol–water partition coefficient (Wildman–Crippen LogP) is 3.21. The van der Waals surface area contributed by atoms with Crippen LogP contribution in [0.2, 0.25) is 5.02 Å². The fourth-order valence-electron chi connectivity index (χ4n) is 3.79. The number of benzene rings is 1. The molecule has 1 saturated carbocycles. The van der Waals surface area contributed by atoms with Crippen LogP contribution in [-0.2, 0) is 9.59 Å². The second-order valence-corrected chi connectivity index (χ2v) is 7.84. The molecule has 1 aromatic rings. The molecule has 1 atom stereocenters. The lowest BCUT2D eigenvalue weighted by atomic mass is 9.94. The van der Waals surface area contributed by atoms with Crippen molar-refractivity contribution in [2.45, 2.75) is 51.0 Å². The minimum absolute atomic E-state index is 0.0213. The van der Waals surface area contributed by atoms with Gasteiger partial charge in [0, 0.05) is 31.7 Å². The van der Waals surface area contributed by atoms with Crippen molar-refractivity contribution in [3.63, 3.8) is 0 Å². The van der Waals surface area contributed by atoms with Crippen LogP contribution in [0.1, 0.15) is 55.3 Å². The van der Waals surface area contributed by atoms with Gasteiger partial charge in [0.15, 0.2) is 0 Å². The van der Waals surface area contributed by atoms with E-state index in [0.29, 0.717) is 35.7 Å². The van der Waals surface area contributed by atoms with E-state index in [1.165, 1.54) is 6.42 Å². The molecule has 0 spiro atoms. The lowest BCUT2D eigenvalue weighted by Crippen LogP contribution is -2.40. The number of hydrogen-bond donors (Lipinski definition) is 2. The highest BCUT2D eigenvalue weighted by atomic mass is 35.5. The van der Waals surface area contributed by atoms with Crippen LogP contribution in [0.3, 0.4) is 0 Å². The number of nitrogens with one attached hydrogen (secondary N) is 2. The third-order valence-electron chi connectivity index (χ3n) is 5.55. The Balaban J connectivity index is 1.63. The van der Waals surface area contributed by atoms with Gasteiger partial charge in [-0.05, 0) is 37.5 Å². The summed E-state index contributed by atoms with van der Waals surface area (Å²) in [5, 5.41) is 5.86. The largest absolute Gasteiger partial charge is 0.355 e. The number of rotatable bonds is 4. The lowest BCUT2D eigenvalue weighted by molar-refractivity contribution is -0.126. The molecular formula is C20H26ClN3O3. The summed E-state index contributed by atoms with van der Waals surface area (Å²) in [6.07, 6.45) is 6.51. The van der Waals surface area contributed by atoms with Gasteiger partial charge < -0.3 is 15.5 Å². The third kappa shape index (κ3) is 4.80. The Morgan fingerprint density at radius 3 is 2.56 bits per heavy atom. The van der Waals surface area contributed by atoms with Crippen molar-refractivity contribution in [2.24, 2.45) is 5.92 Å². The molecule has 0 bridgehead atoms. The quantitative estimate of drug-likeness (QED) is 0.827. The molecule has 6 nitrogen and oxygen atoms in total. The number of piperidine rings is 1. The Morgan fingerprint density at radius 1 is 1.19 bits per heavy atom. The SMILES string of the molecule is CN(C(=O)c1ccc(NC(=O)C2CCC(=O)NC2)cc1Cl)C1CCCCC1. The first-order chi connectivity index (χ1) is 13.0. The van der Waals surface area contributed by atoms with Gasteiger partial charge >= 0.3 is 0 Å². The second-order valence-electron chi connectivity index (χ2n) is 7.43. The molecule has 2 N–H and O–H groups in total. The van der Waals surface area contributed by atoms with E-state index in [-0.39, 0.29) is 29.7 Å². The van der Waals surface area contributed by atoms with Crippen molar-refractivity contribution in [3.05, 3.63) is 28.8 Å². The molecule has 27 heavy (non-hydrogen) atoms. The number of hydrogen-bond acceptors (Lipinski definition) is 3. The molecule has 146 valence electrons. The van der Waals surface area contributed by atoms with Gasteiger partial charge in [0.05, 0.1) is 16.5 Å². The molecule has 1 unspecified atom stereocenters. The second kappa shape index (κ2) is 8.74. The smallest absolute Gasteiger partial charge is 0.255 e. The minimum atomic E-state index is -0.250. The highest BCUT2D eigenvalue weighted by molar-refractivity contribution is 6.34. The Hall–Kier alpha value is -2.08. The van der Waals surface area contributed by atoms with E-state index >= 15 is 0 Å². The van der Waals surface area contributed by atoms with Gasteiger partial charge in [-0.25, -0.2) is 0 Å². The Labute approximate surface area is 164 Å². The fraction of sp³-hybridized carbons (Fsp3) is 0.550. The van der Waals surface area contributed by atoms with Crippen LogP contribution in [0.4, 0.5) is 5.69 Å². The van der Waals surface area contributed by atoms with E-state index in [2.05, 4.69) is 10.6 Å². The predicted molar refractivity (Wildman–Crippen MR) is 105 cm³/mol. The minimum Gasteiger partial charge on any atom is -0.355 e. The molecule has 1 aliphatic heterocycles. The summed E-state index contributed by atoms with van der Waals surface area (Å²) >= 11 is 6.34. The third-order valence-corrected chi connectivity index (χ3v) is 5.86. The molecular weight excluding hydrogens is 366 g/mol. The number of amides is 3. The van der Waals surface area contributed by atoms with Crippen molar-refractivity contribution < 1.29 is 14.4 Å². The molecule has 1 heterocycles. The molecule has 1 aromatic carbocycles. The maximum atomic E-state index is 12.8. The highest BCUT2D eigenvalue weighted by Gasteiger charge is 2.26. The molecule has 0 aromatic heterocycles. The summed E-state index contributed by atoms with van der Waals surface area (Å²) in [6.45, 7) is 0.348. The van der Waals surface area contributed by atoms with Gasteiger partial charge in [0.1, 0.15) is 0 Å². The average molecular weight is 392 g/mol. The first-order valence-electron chi connectivity index (χ1n) is 9.60. The molecule has 7 heteroatoms. The molecule has 0 radical (unpaired) electrons. The lowest BCUT2D eigenvalue weighted by Gasteiger charge is -2.31. The van der Waals surface area contributed by atoms with Gasteiger partial charge in [-0.3, -0.25) is 14.4 Å². The van der Waals surface area contributed by atoms with E-state index in [0.717, 1.165) is 25.7 Å². The number of carbonyl (C=O) groups excluding carboxylic acids is 3. The first kappa shape index (κ1) is 19.7. The molecule has 3 rings (SSSR count). The average Bonchev–Trinajstić information content (AvgIpc) is 2.68. The van der Waals surface area contributed by atoms with Crippen molar-refractivity contribution in [1.82, 2.24) is 10.2 Å². The molecule has 3 amide bonds. The van der Waals surface area contributed by atoms with Crippen LogP contribution in [0, 0.1) is 5.92 Å². The first-order valence-corrected chi connectivity index (χ1v) is 9.98. The van der Waals surface area contributed by atoms with Crippen molar-refractivity contribution in [2.75, 3.05) is 18.9 Å². The summed E-state index contributed by atoms with van der Waals surface area (Å²) < 4.78 is 0. The van der Waals surface area contributed by atoms with Crippen molar-refractivity contribution in [1.29, 1.82) is 0 Å². The zero-order valence-corrected chi connectivity index (χ0v) is 16.3. The van der Waals surface area contributed by atoms with Crippen LogP contribution in [0.25, 0.3) is 0 Å². The fourth-order valence-corrected chi connectivity index (χ4v) is 4.05. The summed E-state index contributed by atoms with van der Waals surface area (Å²) in [5.41, 5.74) is 1.01. The van der Waals surface area contributed by atoms with Crippen LogP contribution >= 0.6 is 11.6 Å². The Morgan fingerprint density at radius 2 is 1.93 bits per heavy atom. The Bertz CT molecular complexity index is 721. The number of halogens is 1. The maximum Gasteiger partial charge on any atom is 0.255 e. The van der Waals surface area contributed by atoms with Crippen LogP contribution < -0.4 is 10.6 Å². The summed E-state index contributed by atoms with van der Waals surface area (Å²) in [4.78, 5) is 38.1. The molecule has 2 aliphatic rings. The molecule has 1 aliphatic carbocycles. The normalized spacial score (nSPS) is 20.7. The van der Waals surface area contributed by atoms with E-state index in [4.69, 9.17) is 11.6 Å². The molecule has 2 fully saturated rings. The van der Waals surface area contributed by atoms with Crippen LogP contribution in [0.15, 0.2) is 18.2 Å². The maximum absolute atomic E-state index is 12.8. The Kier molecular flexibility index (Phi) is 6.37. The topological polar surface area (TPSA) is 78.5 Å². The van der Waals surface area contributed by atoms with Gasteiger partial charge in [-0.15, -0.1) is 0 Å². The van der Waals surface area contributed by atoms with Crippen molar-refractivity contribution >= 4 is 35.0 Å². The van der Waals surface area contributed by atoms with Gasteiger partial charge in [0.2, 0.25) is 11.8 Å². The van der Waals surface area contributed by atoms with Crippen LogP contribution in [-0.4, -0.2) is 42.3 Å². The van der Waals surface area contributed by atoms with E-state index < -0.39 is 0 Å². The van der Waals surface area contributed by atoms with Gasteiger partial charge in [-0.1, -0.05) is 30.9 Å². The monoisotopic (exact) mass is 391 g/mol. The zero-order chi connectivity index (χ0) is 19.4.